The number of guanidine groups is 1. The fraction of sp³-hybridized carbons (Fsp3) is 0.280. The van der Waals surface area contributed by atoms with Crippen molar-refractivity contribution in [2.45, 2.75) is 26.3 Å². The van der Waals surface area contributed by atoms with Gasteiger partial charge in [-0.1, -0.05) is 48.5 Å². The number of fused-ring (bicyclic) bond motifs is 1. The van der Waals surface area contributed by atoms with E-state index in [2.05, 4.69) is 41.6 Å². The molecule has 0 saturated carbocycles. The highest BCUT2D eigenvalue weighted by Gasteiger charge is 2.34. The molecule has 0 bridgehead atoms. The van der Waals surface area contributed by atoms with Gasteiger partial charge in [0, 0.05) is 35.9 Å². The van der Waals surface area contributed by atoms with E-state index in [0.29, 0.717) is 18.7 Å². The maximum absolute atomic E-state index is 12.6. The number of allylic oxidation sites excluding steroid dienone is 1. The Hall–Kier alpha value is -3.54. The molecular formula is C25H28N4O2. The molecule has 6 nitrogen and oxygen atoms in total. The van der Waals surface area contributed by atoms with Crippen LogP contribution in [0.5, 0.6) is 0 Å². The summed E-state index contributed by atoms with van der Waals surface area (Å²) in [5, 5.41) is 4.73. The van der Waals surface area contributed by atoms with Crippen molar-refractivity contribution in [1.29, 1.82) is 0 Å². The summed E-state index contributed by atoms with van der Waals surface area (Å²) in [5.41, 5.74) is 4.88. The van der Waals surface area contributed by atoms with Gasteiger partial charge in [-0.25, -0.2) is 4.79 Å². The first kappa shape index (κ1) is 20.7. The second-order valence-electron chi connectivity index (χ2n) is 7.54. The maximum Gasteiger partial charge on any atom is 0.337 e. The van der Waals surface area contributed by atoms with E-state index in [0.717, 1.165) is 29.2 Å². The SMILES string of the molecule is CCN1C(=NCCc2c[nH]c3ccccc23)N[C@@H](c2ccccc2)C(C(=O)OC)=C1C. The van der Waals surface area contributed by atoms with Crippen LogP contribution in [0.25, 0.3) is 10.9 Å². The van der Waals surface area contributed by atoms with E-state index in [-0.39, 0.29) is 12.0 Å². The number of esters is 1. The number of hydrogen-bond donors (Lipinski definition) is 2. The van der Waals surface area contributed by atoms with Crippen LogP contribution in [-0.2, 0) is 16.0 Å². The monoisotopic (exact) mass is 416 g/mol. The normalized spacial score (nSPS) is 17.8. The van der Waals surface area contributed by atoms with Crippen molar-refractivity contribution >= 4 is 22.8 Å². The molecule has 0 saturated heterocycles. The summed E-state index contributed by atoms with van der Waals surface area (Å²) < 4.78 is 5.10. The Kier molecular flexibility index (Phi) is 6.07. The van der Waals surface area contributed by atoms with Crippen LogP contribution in [-0.4, -0.2) is 42.0 Å². The number of hydrogen-bond acceptors (Lipinski definition) is 3. The van der Waals surface area contributed by atoms with Crippen molar-refractivity contribution in [2.24, 2.45) is 4.99 Å². The molecule has 31 heavy (non-hydrogen) atoms. The van der Waals surface area contributed by atoms with Gasteiger partial charge in [-0.15, -0.1) is 0 Å². The van der Waals surface area contributed by atoms with Gasteiger partial charge in [0.1, 0.15) is 0 Å². The smallest absolute Gasteiger partial charge is 0.337 e. The predicted octanol–water partition coefficient (Wildman–Crippen LogP) is 4.18. The van der Waals surface area contributed by atoms with E-state index in [9.17, 15) is 4.79 Å². The molecule has 6 heteroatoms. The molecule has 1 aliphatic rings. The summed E-state index contributed by atoms with van der Waals surface area (Å²) in [6.07, 6.45) is 2.89. The molecule has 2 N–H and O–H groups in total. The second kappa shape index (κ2) is 9.08. The Bertz CT molecular complexity index is 1130. The van der Waals surface area contributed by atoms with Crippen molar-refractivity contribution < 1.29 is 9.53 Å². The molecule has 0 aliphatic carbocycles. The number of aromatic amines is 1. The first-order valence-electron chi connectivity index (χ1n) is 10.6. The van der Waals surface area contributed by atoms with Gasteiger partial charge in [-0.05, 0) is 37.5 Å². The van der Waals surface area contributed by atoms with Crippen molar-refractivity contribution in [3.63, 3.8) is 0 Å². The zero-order valence-corrected chi connectivity index (χ0v) is 18.2. The molecule has 4 rings (SSSR count). The van der Waals surface area contributed by atoms with Crippen LogP contribution in [0.2, 0.25) is 0 Å². The van der Waals surface area contributed by atoms with Gasteiger partial charge in [0.2, 0.25) is 0 Å². The van der Waals surface area contributed by atoms with Crippen LogP contribution >= 0.6 is 0 Å². The van der Waals surface area contributed by atoms with Gasteiger partial charge in [-0.2, -0.15) is 0 Å². The zero-order valence-electron chi connectivity index (χ0n) is 18.2. The van der Waals surface area contributed by atoms with E-state index in [1.807, 2.05) is 48.2 Å². The number of methoxy groups -OCH3 is 1. The zero-order chi connectivity index (χ0) is 21.8. The summed E-state index contributed by atoms with van der Waals surface area (Å²) in [5.74, 6) is 0.455. The number of aromatic nitrogens is 1. The van der Waals surface area contributed by atoms with Gasteiger partial charge in [0.15, 0.2) is 5.96 Å². The van der Waals surface area contributed by atoms with Crippen LogP contribution in [0.3, 0.4) is 0 Å². The molecule has 0 amide bonds. The Morgan fingerprint density at radius 2 is 1.87 bits per heavy atom. The molecular weight excluding hydrogens is 388 g/mol. The first-order valence-corrected chi connectivity index (χ1v) is 10.6. The number of carbonyl (C=O) groups is 1. The quantitative estimate of drug-likeness (QED) is 0.592. The molecule has 160 valence electrons. The van der Waals surface area contributed by atoms with E-state index in [1.165, 1.54) is 18.1 Å². The molecule has 1 aromatic heterocycles. The molecule has 1 atom stereocenters. The highest BCUT2D eigenvalue weighted by molar-refractivity contribution is 5.96. The van der Waals surface area contributed by atoms with Crippen molar-refractivity contribution in [2.75, 3.05) is 20.2 Å². The van der Waals surface area contributed by atoms with Crippen molar-refractivity contribution in [3.8, 4) is 0 Å². The Morgan fingerprint density at radius 3 is 2.61 bits per heavy atom. The fourth-order valence-electron chi connectivity index (χ4n) is 4.20. The third-order valence-electron chi connectivity index (χ3n) is 5.78. The summed E-state index contributed by atoms with van der Waals surface area (Å²) in [7, 11) is 1.42. The van der Waals surface area contributed by atoms with E-state index in [1.54, 1.807) is 0 Å². The van der Waals surface area contributed by atoms with E-state index >= 15 is 0 Å². The van der Waals surface area contributed by atoms with E-state index in [4.69, 9.17) is 9.73 Å². The predicted molar refractivity (Wildman–Crippen MR) is 124 cm³/mol. The molecule has 0 spiro atoms. The minimum Gasteiger partial charge on any atom is -0.466 e. The summed E-state index contributed by atoms with van der Waals surface area (Å²) in [6.45, 7) is 5.36. The lowest BCUT2D eigenvalue weighted by atomic mass is 9.95. The lowest BCUT2D eigenvalue weighted by Crippen LogP contribution is -2.49. The van der Waals surface area contributed by atoms with Crippen molar-refractivity contribution in [1.82, 2.24) is 15.2 Å². The molecule has 0 fully saturated rings. The number of nitrogens with one attached hydrogen (secondary N) is 2. The van der Waals surface area contributed by atoms with Gasteiger partial charge in [0.05, 0.1) is 18.7 Å². The lowest BCUT2D eigenvalue weighted by Gasteiger charge is -2.37. The minimum absolute atomic E-state index is 0.303. The van der Waals surface area contributed by atoms with Crippen LogP contribution in [0.15, 0.2) is 77.1 Å². The highest BCUT2D eigenvalue weighted by atomic mass is 16.5. The second-order valence-corrected chi connectivity index (χ2v) is 7.54. The van der Waals surface area contributed by atoms with Gasteiger partial charge >= 0.3 is 5.97 Å². The van der Waals surface area contributed by atoms with Gasteiger partial charge in [-0.3, -0.25) is 4.99 Å². The number of benzene rings is 2. The summed E-state index contributed by atoms with van der Waals surface area (Å²) in [6, 6.07) is 17.9. The average molecular weight is 417 g/mol. The molecule has 2 aromatic carbocycles. The Balaban J connectivity index is 1.64. The van der Waals surface area contributed by atoms with Crippen LogP contribution in [0, 0.1) is 0 Å². The largest absolute Gasteiger partial charge is 0.466 e. The number of rotatable bonds is 6. The number of ether oxygens (including phenoxy) is 1. The van der Waals surface area contributed by atoms with Gasteiger partial charge < -0.3 is 19.9 Å². The fourth-order valence-corrected chi connectivity index (χ4v) is 4.20. The summed E-state index contributed by atoms with van der Waals surface area (Å²) >= 11 is 0. The van der Waals surface area contributed by atoms with Crippen LogP contribution in [0.1, 0.15) is 31.0 Å². The Labute approximate surface area is 182 Å². The number of para-hydroxylation sites is 1. The number of aliphatic imine (C=N–C) groups is 1. The van der Waals surface area contributed by atoms with Gasteiger partial charge in [0.25, 0.3) is 0 Å². The molecule has 2 heterocycles. The number of carbonyl (C=O) groups excluding carboxylic acids is 1. The van der Waals surface area contributed by atoms with E-state index < -0.39 is 0 Å². The maximum atomic E-state index is 12.6. The summed E-state index contributed by atoms with van der Waals surface area (Å²) in [4.78, 5) is 22.9. The van der Waals surface area contributed by atoms with Crippen molar-refractivity contribution in [3.05, 3.63) is 83.2 Å². The molecule has 3 aromatic rings. The first-order chi connectivity index (χ1) is 15.1. The third-order valence-corrected chi connectivity index (χ3v) is 5.78. The molecule has 1 aliphatic heterocycles. The Morgan fingerprint density at radius 1 is 1.13 bits per heavy atom. The highest BCUT2D eigenvalue weighted by Crippen LogP contribution is 2.31. The minimum atomic E-state index is -0.324. The molecule has 0 unspecified atom stereocenters. The van der Waals surface area contributed by atoms with Crippen LogP contribution in [0.4, 0.5) is 0 Å². The number of H-pyrrole nitrogens is 1. The lowest BCUT2D eigenvalue weighted by molar-refractivity contribution is -0.136. The molecule has 0 radical (unpaired) electrons. The topological polar surface area (TPSA) is 69.7 Å². The number of nitrogens with zero attached hydrogens (tertiary/aromatic N) is 2. The standard InChI is InChI=1S/C25H28N4O2/c1-4-29-17(2)22(24(30)31-3)23(18-10-6-5-7-11-18)28-25(29)26-15-14-19-16-27-21-13-9-8-12-20(19)21/h5-13,16,23,27H,4,14-15H2,1-3H3,(H,26,28)/t23-/m0/s1. The third kappa shape index (κ3) is 4.06. The average Bonchev–Trinajstić information content (AvgIpc) is 3.22. The van der Waals surface area contributed by atoms with Crippen LogP contribution < -0.4 is 5.32 Å².